The molecule has 3 heterocycles. The molecule has 3 saturated heterocycles. The third kappa shape index (κ3) is 15.4. The Balaban J connectivity index is 0.770. The highest BCUT2D eigenvalue weighted by atomic mass is 15.3. The van der Waals surface area contributed by atoms with Gasteiger partial charge in [0.2, 0.25) is 0 Å². The third-order valence-electron chi connectivity index (χ3n) is 45.8. The smallest absolute Gasteiger partial charge is 0.156 e. The van der Waals surface area contributed by atoms with E-state index >= 15 is 0 Å². The van der Waals surface area contributed by atoms with E-state index in [1.165, 1.54) is 128 Å². The molecule has 20 fully saturated rings. The van der Waals surface area contributed by atoms with Crippen molar-refractivity contribution in [1.82, 2.24) is 14.7 Å². The van der Waals surface area contributed by atoms with Crippen molar-refractivity contribution in [3.05, 3.63) is 0 Å². The van der Waals surface area contributed by atoms with E-state index in [4.69, 9.17) is 0 Å². The summed E-state index contributed by atoms with van der Waals surface area (Å²) in [5.41, 5.74) is 2.02. The van der Waals surface area contributed by atoms with Gasteiger partial charge in [0.1, 0.15) is 0 Å². The number of hydrogen-bond donors (Lipinski definition) is 0. The highest BCUT2D eigenvalue weighted by molar-refractivity contribution is 6.65. The lowest BCUT2D eigenvalue weighted by atomic mass is 9.18. The Morgan fingerprint density at radius 1 is 0.190 bits per heavy atom. The Morgan fingerprint density at radius 2 is 0.526 bits per heavy atom. The zero-order valence-electron chi connectivity index (χ0n) is 79.4. The van der Waals surface area contributed by atoms with E-state index in [2.05, 4.69) is 119 Å². The molecule has 20 rings (SSSR count). The second-order valence-electron chi connectivity index (χ2n) is 55.1. The largest absolute Gasteiger partial charge is 0.295 e. The van der Waals surface area contributed by atoms with Crippen LogP contribution >= 0.6 is 0 Å². The average molecular weight is 1590 g/mol. The zero-order valence-corrected chi connectivity index (χ0v) is 79.4. The topological polar surface area (TPSA) is 9.72 Å². The molecule has 3 aliphatic heterocycles. The summed E-state index contributed by atoms with van der Waals surface area (Å²) in [7, 11) is 0. The highest BCUT2D eigenvalue weighted by Gasteiger charge is 2.71. The lowest BCUT2D eigenvalue weighted by Crippen LogP contribution is -2.77. The molecule has 4 heteroatoms. The lowest BCUT2D eigenvalue weighted by Gasteiger charge is -2.73. The van der Waals surface area contributed by atoms with E-state index in [1.807, 2.05) is 0 Å². The maximum absolute atomic E-state index is 4.07. The minimum Gasteiger partial charge on any atom is -0.295 e. The van der Waals surface area contributed by atoms with E-state index in [9.17, 15) is 0 Å². The quantitative estimate of drug-likeness (QED) is 0.213. The van der Waals surface area contributed by atoms with Crippen LogP contribution in [0.3, 0.4) is 0 Å². The molecule has 0 bridgehead atoms. The number of nitrogens with zero attached hydrogens (tertiary/aromatic N) is 3. The van der Waals surface area contributed by atoms with Crippen LogP contribution in [0.4, 0.5) is 0 Å². The van der Waals surface area contributed by atoms with Crippen molar-refractivity contribution in [3.63, 3.8) is 0 Å². The first-order valence-corrected chi connectivity index (χ1v) is 55.0. The molecule has 17 saturated carbocycles. The minimum atomic E-state index is 0.378. The second-order valence-corrected chi connectivity index (χ2v) is 55.1. The van der Waals surface area contributed by atoms with E-state index < -0.39 is 0 Å². The summed E-state index contributed by atoms with van der Waals surface area (Å²) in [5.74, 6) is 29.0. The maximum atomic E-state index is 4.07. The minimum absolute atomic E-state index is 0.378. The van der Waals surface area contributed by atoms with E-state index in [1.54, 1.807) is 212 Å². The monoisotopic (exact) mass is 1590 g/mol. The van der Waals surface area contributed by atoms with Gasteiger partial charge in [0.25, 0.3) is 0 Å². The molecule has 656 valence electrons. The van der Waals surface area contributed by atoms with Gasteiger partial charge in [-0.1, -0.05) is 284 Å². The Bertz CT molecular complexity index is 3110. The average Bonchev–Trinajstić information content (AvgIpc) is 0.706. The van der Waals surface area contributed by atoms with Gasteiger partial charge in [-0.25, -0.2) is 0 Å². The molecule has 29 atom stereocenters. The van der Waals surface area contributed by atoms with Gasteiger partial charge in [0.05, 0.1) is 0 Å². The highest BCUT2D eigenvalue weighted by Crippen LogP contribution is 2.72. The predicted octanol–water partition coefficient (Wildman–Crippen LogP) is 30.6. The van der Waals surface area contributed by atoms with Gasteiger partial charge in [0, 0.05) is 54.4 Å². The van der Waals surface area contributed by atoms with Crippen LogP contribution < -0.4 is 0 Å². The number of likely N-dealkylation sites (tertiary alicyclic amines) is 1. The number of fused-ring (bicyclic) bond motifs is 9. The van der Waals surface area contributed by atoms with Gasteiger partial charge in [-0.05, 0) is 365 Å². The fourth-order valence-electron chi connectivity index (χ4n) is 40.6. The first kappa shape index (κ1) is 84.1. The first-order valence-electron chi connectivity index (χ1n) is 55.0. The van der Waals surface area contributed by atoms with Crippen LogP contribution in [0.1, 0.15) is 444 Å². The molecule has 0 aromatic carbocycles. The van der Waals surface area contributed by atoms with Gasteiger partial charge in [0.15, 0.2) is 6.71 Å². The van der Waals surface area contributed by atoms with E-state index in [-0.39, 0.29) is 0 Å². The van der Waals surface area contributed by atoms with Crippen molar-refractivity contribution in [2.45, 2.75) is 516 Å². The van der Waals surface area contributed by atoms with E-state index in [0.717, 1.165) is 238 Å². The second kappa shape index (κ2) is 33.2. The van der Waals surface area contributed by atoms with Crippen molar-refractivity contribution in [3.8, 4) is 0 Å². The molecule has 0 radical (unpaired) electrons. The molecule has 0 spiro atoms. The lowest BCUT2D eigenvalue weighted by molar-refractivity contribution is -0.162. The summed E-state index contributed by atoms with van der Waals surface area (Å²) in [6, 6.07) is 7.33. The molecule has 0 N–H and O–H groups in total. The Labute approximate surface area is 719 Å². The summed E-state index contributed by atoms with van der Waals surface area (Å²) in [6.07, 6.45) is 83.3. The van der Waals surface area contributed by atoms with Crippen LogP contribution in [0.15, 0.2) is 0 Å². The number of hydrogen-bond acceptors (Lipinski definition) is 3. The predicted molar refractivity (Wildman–Crippen MR) is 493 cm³/mol. The van der Waals surface area contributed by atoms with Crippen LogP contribution in [0.2, 0.25) is 17.5 Å². The standard InChI is InChI=1S/C112H190BN3/c1-108(2,3)77-48-45-69(46-49-77)76-60-101-105-102(61-76)116(107-91(72-35-24-18-25-36-72)66-81(112(13,14)15)67-92(107)73-37-26-19-27-38-73)100-68-82(114-97-57-50-78(109(4,5)6)62-93(97)94-63-79(110(7,8)9)51-58-98(94)114)52-56-96(100)113(105)95-55-47-75(83-53-54-88-86-42-29-40-74-39-28-41-85(103(74)86)87-44-30-43-84(83)104(87)88)59-99(95)115(101)106-89(70-31-20-16-21-32-70)64-80(111(10,11)12)65-90(106)71-33-22-17-23-34-71/h69-107H,16-68H2,1-15H3. The van der Waals surface area contributed by atoms with Crippen LogP contribution in [0.25, 0.3) is 0 Å². The molecule has 29 unspecified atom stereocenters. The summed E-state index contributed by atoms with van der Waals surface area (Å²) in [5, 5.41) is 0. The third-order valence-corrected chi connectivity index (χ3v) is 45.8. The maximum Gasteiger partial charge on any atom is 0.156 e. The number of rotatable bonds is 9. The summed E-state index contributed by atoms with van der Waals surface area (Å²) >= 11 is 0. The van der Waals surface area contributed by atoms with Crippen molar-refractivity contribution in [1.29, 1.82) is 0 Å². The molecule has 3 nitrogen and oxygen atoms in total. The van der Waals surface area contributed by atoms with E-state index in [0.29, 0.717) is 27.1 Å². The van der Waals surface area contributed by atoms with Gasteiger partial charge >= 0.3 is 0 Å². The molecule has 0 aromatic rings. The normalized spacial score (nSPS) is 49.6. The molecular weight excluding hydrogens is 1400 g/mol. The van der Waals surface area contributed by atoms with Crippen molar-refractivity contribution in [2.75, 3.05) is 0 Å². The zero-order chi connectivity index (χ0) is 79.8. The SMILES string of the molecule is CC(C)(C)C1CCC(C2CC3C4B(C5CCC(C6CCC7C8CCCC9CCCC(C%10CCCC6C%107)C98)CC5N3C3C(C5CCCCC5)CC(C(C)(C)C)CC3C3CCCCC3)C3CCC(N5C6CCC(C(C)(C)C)CC6C6CC(C(C)(C)C)CCC65)CC3N(C3C(C5CCCCC5)CC(C(C)(C)C)CC3C3CCCCC3)C4C2)CC1. The van der Waals surface area contributed by atoms with Crippen molar-refractivity contribution in [2.24, 2.45) is 187 Å². The molecule has 116 heavy (non-hydrogen) atoms. The fourth-order valence-corrected chi connectivity index (χ4v) is 40.6. The van der Waals surface area contributed by atoms with Gasteiger partial charge in [-0.15, -0.1) is 0 Å². The molecular formula is C112H190BN3. The summed E-state index contributed by atoms with van der Waals surface area (Å²) in [4.78, 5) is 11.8. The summed E-state index contributed by atoms with van der Waals surface area (Å²) < 4.78 is 0. The Morgan fingerprint density at radius 3 is 0.957 bits per heavy atom. The van der Waals surface area contributed by atoms with Gasteiger partial charge in [-0.2, -0.15) is 0 Å². The van der Waals surface area contributed by atoms with Crippen LogP contribution in [0, 0.1) is 187 Å². The molecule has 17 aliphatic carbocycles. The molecule has 20 aliphatic rings. The van der Waals surface area contributed by atoms with Gasteiger partial charge < -0.3 is 0 Å². The van der Waals surface area contributed by atoms with Crippen molar-refractivity contribution >= 4 is 6.71 Å². The van der Waals surface area contributed by atoms with Crippen molar-refractivity contribution < 1.29 is 0 Å². The molecule has 0 amide bonds. The Hall–Kier alpha value is -0.0551. The Kier molecular flexibility index (Phi) is 24.1. The van der Waals surface area contributed by atoms with Crippen LogP contribution in [-0.4, -0.2) is 75.8 Å². The molecule has 0 aromatic heterocycles. The van der Waals surface area contributed by atoms with Crippen LogP contribution in [0.5, 0.6) is 0 Å². The summed E-state index contributed by atoms with van der Waals surface area (Å²) in [6.45, 7) is 41.7. The first-order chi connectivity index (χ1) is 55.7. The van der Waals surface area contributed by atoms with Crippen LogP contribution in [-0.2, 0) is 0 Å². The fraction of sp³-hybridized carbons (Fsp3) is 1.00. The van der Waals surface area contributed by atoms with Gasteiger partial charge in [-0.3, -0.25) is 14.7 Å².